The standard InChI is InChI=1S/C18H17N3O2S2/c1-11-4-5-13-14(9-11)25-16-15(13)17(22)21(10-12-3-2-7-23-12)18(20-16)24-8-6-19/h2-3,7,11H,4-5,8-10H2,1H3. The summed E-state index contributed by atoms with van der Waals surface area (Å²) in [5.74, 6) is 1.62. The maximum absolute atomic E-state index is 13.2. The molecule has 128 valence electrons. The molecule has 0 spiro atoms. The van der Waals surface area contributed by atoms with Crippen LogP contribution in [0.25, 0.3) is 10.2 Å². The van der Waals surface area contributed by atoms with Crippen molar-refractivity contribution < 1.29 is 4.42 Å². The molecule has 0 amide bonds. The number of nitriles is 1. The van der Waals surface area contributed by atoms with Gasteiger partial charge in [-0.25, -0.2) is 4.98 Å². The van der Waals surface area contributed by atoms with Gasteiger partial charge in [0.15, 0.2) is 5.16 Å². The van der Waals surface area contributed by atoms with E-state index in [0.717, 1.165) is 29.5 Å². The lowest BCUT2D eigenvalue weighted by atomic mass is 9.89. The molecule has 0 N–H and O–H groups in total. The molecule has 0 radical (unpaired) electrons. The number of fused-ring (bicyclic) bond motifs is 3. The van der Waals surface area contributed by atoms with Crippen molar-refractivity contribution in [2.24, 2.45) is 5.92 Å². The number of furan rings is 1. The van der Waals surface area contributed by atoms with Crippen molar-refractivity contribution in [2.75, 3.05) is 5.75 Å². The molecule has 0 aliphatic heterocycles. The lowest BCUT2D eigenvalue weighted by Gasteiger charge is -2.17. The van der Waals surface area contributed by atoms with Crippen LogP contribution in [0.2, 0.25) is 0 Å². The van der Waals surface area contributed by atoms with Crippen molar-refractivity contribution in [1.29, 1.82) is 5.26 Å². The fraction of sp³-hybridized carbons (Fsp3) is 0.389. The Morgan fingerprint density at radius 2 is 2.44 bits per heavy atom. The third kappa shape index (κ3) is 3.00. The van der Waals surface area contributed by atoms with Crippen molar-refractivity contribution in [1.82, 2.24) is 9.55 Å². The molecule has 0 saturated carbocycles. The van der Waals surface area contributed by atoms with Gasteiger partial charge in [0.1, 0.15) is 10.6 Å². The zero-order valence-electron chi connectivity index (χ0n) is 13.8. The van der Waals surface area contributed by atoms with Crippen LogP contribution in [0.3, 0.4) is 0 Å². The van der Waals surface area contributed by atoms with E-state index in [4.69, 9.17) is 14.7 Å². The Hall–Kier alpha value is -2.04. The van der Waals surface area contributed by atoms with Crippen LogP contribution in [0.4, 0.5) is 0 Å². The summed E-state index contributed by atoms with van der Waals surface area (Å²) in [4.78, 5) is 20.1. The highest BCUT2D eigenvalue weighted by atomic mass is 32.2. The lowest BCUT2D eigenvalue weighted by molar-refractivity contribution is 0.476. The van der Waals surface area contributed by atoms with Gasteiger partial charge >= 0.3 is 0 Å². The summed E-state index contributed by atoms with van der Waals surface area (Å²) < 4.78 is 7.06. The second-order valence-electron chi connectivity index (χ2n) is 6.34. The first kappa shape index (κ1) is 16.4. The molecule has 3 aromatic heterocycles. The van der Waals surface area contributed by atoms with E-state index in [9.17, 15) is 4.79 Å². The zero-order valence-corrected chi connectivity index (χ0v) is 15.5. The number of hydrogen-bond acceptors (Lipinski definition) is 6. The van der Waals surface area contributed by atoms with Crippen LogP contribution in [0.15, 0.2) is 32.8 Å². The summed E-state index contributed by atoms with van der Waals surface area (Å²) in [6.45, 7) is 2.59. The number of nitrogens with zero attached hydrogens (tertiary/aromatic N) is 3. The summed E-state index contributed by atoms with van der Waals surface area (Å²) in [7, 11) is 0. The Morgan fingerprint density at radius 1 is 1.56 bits per heavy atom. The highest BCUT2D eigenvalue weighted by Crippen LogP contribution is 2.36. The molecule has 0 fully saturated rings. The Balaban J connectivity index is 1.89. The molecule has 0 saturated heterocycles. The highest BCUT2D eigenvalue weighted by molar-refractivity contribution is 7.99. The van der Waals surface area contributed by atoms with Crippen LogP contribution < -0.4 is 5.56 Å². The predicted octanol–water partition coefficient (Wildman–Crippen LogP) is 3.84. The molecule has 1 aliphatic rings. The van der Waals surface area contributed by atoms with Crippen molar-refractivity contribution in [3.05, 3.63) is 45.0 Å². The Kier molecular flexibility index (Phi) is 4.40. The van der Waals surface area contributed by atoms with Crippen LogP contribution in [-0.2, 0) is 19.4 Å². The van der Waals surface area contributed by atoms with Gasteiger partial charge in [-0.3, -0.25) is 9.36 Å². The average Bonchev–Trinajstić information content (AvgIpc) is 3.22. The van der Waals surface area contributed by atoms with Gasteiger partial charge in [-0.05, 0) is 42.9 Å². The van der Waals surface area contributed by atoms with Gasteiger partial charge in [0.2, 0.25) is 0 Å². The molecule has 0 aromatic carbocycles. The Labute approximate surface area is 153 Å². The van der Waals surface area contributed by atoms with Gasteiger partial charge in [-0.1, -0.05) is 18.7 Å². The third-order valence-electron chi connectivity index (χ3n) is 4.54. The molecule has 4 rings (SSSR count). The summed E-state index contributed by atoms with van der Waals surface area (Å²) in [6, 6.07) is 5.77. The molecule has 0 bridgehead atoms. The molecular formula is C18H17N3O2S2. The van der Waals surface area contributed by atoms with Crippen molar-refractivity contribution in [2.45, 2.75) is 37.9 Å². The van der Waals surface area contributed by atoms with Gasteiger partial charge in [-0.2, -0.15) is 5.26 Å². The average molecular weight is 371 g/mol. The Morgan fingerprint density at radius 3 is 3.20 bits per heavy atom. The van der Waals surface area contributed by atoms with E-state index in [1.54, 1.807) is 22.2 Å². The largest absolute Gasteiger partial charge is 0.467 e. The predicted molar refractivity (Wildman–Crippen MR) is 99.2 cm³/mol. The molecule has 1 atom stereocenters. The number of aryl methyl sites for hydroxylation is 1. The van der Waals surface area contributed by atoms with E-state index in [0.29, 0.717) is 23.4 Å². The quantitative estimate of drug-likeness (QED) is 0.515. The lowest BCUT2D eigenvalue weighted by Crippen LogP contribution is -2.24. The van der Waals surface area contributed by atoms with Gasteiger partial charge in [-0.15, -0.1) is 11.3 Å². The highest BCUT2D eigenvalue weighted by Gasteiger charge is 2.24. The van der Waals surface area contributed by atoms with Gasteiger partial charge in [0.25, 0.3) is 5.56 Å². The van der Waals surface area contributed by atoms with E-state index in [1.165, 1.54) is 22.2 Å². The summed E-state index contributed by atoms with van der Waals surface area (Å²) in [6.07, 6.45) is 4.68. The van der Waals surface area contributed by atoms with Gasteiger partial charge < -0.3 is 4.42 Å². The third-order valence-corrected chi connectivity index (χ3v) is 6.53. The van der Waals surface area contributed by atoms with Crippen LogP contribution in [0.1, 0.15) is 29.5 Å². The van der Waals surface area contributed by atoms with E-state index in [1.807, 2.05) is 12.1 Å². The number of hydrogen-bond donors (Lipinski definition) is 0. The molecule has 5 nitrogen and oxygen atoms in total. The summed E-state index contributed by atoms with van der Waals surface area (Å²) >= 11 is 2.94. The van der Waals surface area contributed by atoms with E-state index in [2.05, 4.69) is 13.0 Å². The van der Waals surface area contributed by atoms with Crippen LogP contribution >= 0.6 is 23.1 Å². The van der Waals surface area contributed by atoms with Crippen LogP contribution in [0, 0.1) is 17.2 Å². The molecule has 3 aromatic rings. The summed E-state index contributed by atoms with van der Waals surface area (Å²) in [5, 5.41) is 10.3. The zero-order chi connectivity index (χ0) is 17.4. The van der Waals surface area contributed by atoms with Crippen molar-refractivity contribution >= 4 is 33.3 Å². The van der Waals surface area contributed by atoms with Crippen molar-refractivity contribution in [3.8, 4) is 6.07 Å². The van der Waals surface area contributed by atoms with Crippen LogP contribution in [-0.4, -0.2) is 15.3 Å². The smallest absolute Gasteiger partial charge is 0.263 e. The van der Waals surface area contributed by atoms with E-state index < -0.39 is 0 Å². The monoisotopic (exact) mass is 371 g/mol. The second-order valence-corrected chi connectivity index (χ2v) is 8.37. The first-order valence-electron chi connectivity index (χ1n) is 8.24. The number of rotatable bonds is 4. The molecule has 7 heteroatoms. The maximum Gasteiger partial charge on any atom is 0.263 e. The minimum absolute atomic E-state index is 0.0195. The number of aromatic nitrogens is 2. The molecular weight excluding hydrogens is 354 g/mol. The second kappa shape index (κ2) is 6.70. The van der Waals surface area contributed by atoms with Gasteiger partial charge in [0.05, 0.1) is 30.0 Å². The van der Waals surface area contributed by atoms with E-state index in [-0.39, 0.29) is 11.3 Å². The maximum atomic E-state index is 13.2. The number of thioether (sulfide) groups is 1. The minimum Gasteiger partial charge on any atom is -0.467 e. The molecule has 25 heavy (non-hydrogen) atoms. The first-order chi connectivity index (χ1) is 12.2. The van der Waals surface area contributed by atoms with Crippen LogP contribution in [0.5, 0.6) is 0 Å². The fourth-order valence-corrected chi connectivity index (χ4v) is 5.39. The molecule has 1 aliphatic carbocycles. The molecule has 3 heterocycles. The topological polar surface area (TPSA) is 71.8 Å². The fourth-order valence-electron chi connectivity index (χ4n) is 3.31. The Bertz CT molecular complexity index is 1010. The minimum atomic E-state index is -0.0195. The van der Waals surface area contributed by atoms with E-state index >= 15 is 0 Å². The SMILES string of the molecule is CC1CCc2c(sc3nc(SCC#N)n(Cc4ccco4)c(=O)c23)C1. The normalized spacial score (nSPS) is 16.7. The summed E-state index contributed by atoms with van der Waals surface area (Å²) in [5.41, 5.74) is 1.16. The number of thiophene rings is 1. The van der Waals surface area contributed by atoms with Gasteiger partial charge in [0, 0.05) is 4.88 Å². The van der Waals surface area contributed by atoms with Crippen molar-refractivity contribution in [3.63, 3.8) is 0 Å². The molecule has 1 unspecified atom stereocenters. The first-order valence-corrected chi connectivity index (χ1v) is 10.0.